The Bertz CT molecular complexity index is 1330. The molecular formula is C25H26N8O2. The molecule has 0 radical (unpaired) electrons. The van der Waals surface area contributed by atoms with Gasteiger partial charge in [0.05, 0.1) is 41.9 Å². The fourth-order valence-corrected chi connectivity index (χ4v) is 4.32. The lowest BCUT2D eigenvalue weighted by atomic mass is 10.1. The van der Waals surface area contributed by atoms with Crippen LogP contribution in [0.4, 0.5) is 34.5 Å². The van der Waals surface area contributed by atoms with Crippen molar-refractivity contribution in [3.63, 3.8) is 0 Å². The number of ether oxygens (including phenoxy) is 1. The number of carbonyl (C=O) groups excluding carboxylic acids is 1. The molecule has 178 valence electrons. The molecule has 2 N–H and O–H groups in total. The summed E-state index contributed by atoms with van der Waals surface area (Å²) in [6.45, 7) is 3.98. The van der Waals surface area contributed by atoms with Crippen LogP contribution in [-0.2, 0) is 0 Å². The van der Waals surface area contributed by atoms with Gasteiger partial charge in [0.1, 0.15) is 11.4 Å². The lowest BCUT2D eigenvalue weighted by Crippen LogP contribution is -2.44. The standard InChI is InChI=1S/C25H26N8O2/c1-31-8-10-33(11-9-31)17-5-7-19(22(13-17)35-3)29-25-27-15-20-23(30-25)32(2)21-12-16(14-26)4-6-18(21)24(34)28-20/h4-7,12-13,15H,8-11H2,1-3H3,(H,28,34)(H,27,29,30). The van der Waals surface area contributed by atoms with Gasteiger partial charge in [0.25, 0.3) is 5.91 Å². The molecule has 0 saturated carbocycles. The number of amides is 1. The van der Waals surface area contributed by atoms with Crippen LogP contribution in [0.3, 0.4) is 0 Å². The third-order valence-electron chi connectivity index (χ3n) is 6.37. The number of piperazine rings is 1. The summed E-state index contributed by atoms with van der Waals surface area (Å²) >= 11 is 0. The van der Waals surface area contributed by atoms with Gasteiger partial charge in [0.2, 0.25) is 5.95 Å². The van der Waals surface area contributed by atoms with Gasteiger partial charge >= 0.3 is 0 Å². The van der Waals surface area contributed by atoms with Gasteiger partial charge in [-0.05, 0) is 37.4 Å². The average molecular weight is 471 g/mol. The van der Waals surface area contributed by atoms with Crippen molar-refractivity contribution in [3.8, 4) is 11.8 Å². The van der Waals surface area contributed by atoms with E-state index >= 15 is 0 Å². The van der Waals surface area contributed by atoms with E-state index in [2.05, 4.69) is 49.6 Å². The number of likely N-dealkylation sites (N-methyl/N-ethyl adjacent to an activating group) is 1. The Hall–Kier alpha value is -4.36. The van der Waals surface area contributed by atoms with Crippen LogP contribution in [0, 0.1) is 11.3 Å². The van der Waals surface area contributed by atoms with E-state index in [0.717, 1.165) is 37.6 Å². The number of methoxy groups -OCH3 is 1. The van der Waals surface area contributed by atoms with E-state index in [1.165, 1.54) is 0 Å². The van der Waals surface area contributed by atoms with Crippen LogP contribution in [0.2, 0.25) is 0 Å². The van der Waals surface area contributed by atoms with Crippen LogP contribution in [0.25, 0.3) is 0 Å². The second kappa shape index (κ2) is 9.12. The molecule has 0 aliphatic carbocycles. The number of hydrogen-bond donors (Lipinski definition) is 2. The van der Waals surface area contributed by atoms with Crippen molar-refractivity contribution in [2.45, 2.75) is 0 Å². The van der Waals surface area contributed by atoms with Crippen molar-refractivity contribution >= 4 is 40.4 Å². The van der Waals surface area contributed by atoms with Crippen molar-refractivity contribution in [2.24, 2.45) is 0 Å². The molecule has 3 aromatic rings. The number of anilines is 6. The number of fused-ring (bicyclic) bond motifs is 2. The number of nitrogens with one attached hydrogen (secondary N) is 2. The van der Waals surface area contributed by atoms with E-state index < -0.39 is 0 Å². The lowest BCUT2D eigenvalue weighted by Gasteiger charge is -2.34. The van der Waals surface area contributed by atoms with E-state index in [4.69, 9.17) is 4.74 Å². The third kappa shape index (κ3) is 4.29. The summed E-state index contributed by atoms with van der Waals surface area (Å²) in [5.41, 5.74) is 3.84. The highest BCUT2D eigenvalue weighted by Crippen LogP contribution is 2.37. The Balaban J connectivity index is 1.44. The Morgan fingerprint density at radius 2 is 1.91 bits per heavy atom. The number of nitriles is 1. The Morgan fingerprint density at radius 3 is 2.66 bits per heavy atom. The summed E-state index contributed by atoms with van der Waals surface area (Å²) in [6.07, 6.45) is 1.57. The Kier molecular flexibility index (Phi) is 5.84. The van der Waals surface area contributed by atoms with Gasteiger partial charge in [0.15, 0.2) is 5.82 Å². The maximum Gasteiger partial charge on any atom is 0.257 e. The lowest BCUT2D eigenvalue weighted by molar-refractivity contribution is 0.102. The SMILES string of the molecule is COc1cc(N2CCN(C)CC2)ccc1Nc1ncc2c(n1)N(C)c1cc(C#N)ccc1C(=O)N2. The minimum atomic E-state index is -0.277. The second-order valence-corrected chi connectivity index (χ2v) is 8.59. The number of benzene rings is 2. The molecule has 10 heteroatoms. The molecule has 10 nitrogen and oxygen atoms in total. The van der Waals surface area contributed by atoms with Gasteiger partial charge in [-0.15, -0.1) is 0 Å². The van der Waals surface area contributed by atoms with Crippen molar-refractivity contribution in [2.75, 3.05) is 67.8 Å². The largest absolute Gasteiger partial charge is 0.494 e. The molecule has 1 amide bonds. The molecular weight excluding hydrogens is 444 g/mol. The van der Waals surface area contributed by atoms with Crippen LogP contribution in [0.1, 0.15) is 15.9 Å². The zero-order valence-electron chi connectivity index (χ0n) is 19.9. The molecule has 1 aromatic heterocycles. The minimum absolute atomic E-state index is 0.277. The first-order chi connectivity index (χ1) is 17.0. The molecule has 0 bridgehead atoms. The zero-order chi connectivity index (χ0) is 24.5. The van der Waals surface area contributed by atoms with Gasteiger partial charge in [-0.25, -0.2) is 4.98 Å². The van der Waals surface area contributed by atoms with Gasteiger partial charge in [0, 0.05) is 45.0 Å². The molecule has 35 heavy (non-hydrogen) atoms. The molecule has 0 spiro atoms. The first-order valence-electron chi connectivity index (χ1n) is 11.3. The predicted molar refractivity (Wildman–Crippen MR) is 135 cm³/mol. The number of aromatic nitrogens is 2. The van der Waals surface area contributed by atoms with Crippen LogP contribution in [0.15, 0.2) is 42.6 Å². The summed E-state index contributed by atoms with van der Waals surface area (Å²) in [5, 5.41) is 15.4. The number of nitrogens with zero attached hydrogens (tertiary/aromatic N) is 6. The average Bonchev–Trinajstić information content (AvgIpc) is 2.98. The zero-order valence-corrected chi connectivity index (χ0v) is 19.9. The molecule has 1 saturated heterocycles. The highest BCUT2D eigenvalue weighted by Gasteiger charge is 2.25. The fourth-order valence-electron chi connectivity index (χ4n) is 4.32. The highest BCUT2D eigenvalue weighted by atomic mass is 16.5. The quantitative estimate of drug-likeness (QED) is 0.594. The first-order valence-corrected chi connectivity index (χ1v) is 11.3. The summed E-state index contributed by atoms with van der Waals surface area (Å²) in [5.74, 6) is 1.28. The van der Waals surface area contributed by atoms with Crippen LogP contribution in [-0.4, -0.2) is 68.2 Å². The molecule has 2 aliphatic heterocycles. The van der Waals surface area contributed by atoms with Gasteiger partial charge in [-0.2, -0.15) is 10.2 Å². The topological polar surface area (TPSA) is 110 Å². The van der Waals surface area contributed by atoms with E-state index in [9.17, 15) is 10.1 Å². The maximum absolute atomic E-state index is 12.7. The van der Waals surface area contributed by atoms with E-state index in [1.54, 1.807) is 43.5 Å². The van der Waals surface area contributed by atoms with Gasteiger partial charge in [-0.1, -0.05) is 0 Å². The van der Waals surface area contributed by atoms with E-state index in [0.29, 0.717) is 40.0 Å². The Morgan fingerprint density at radius 1 is 1.11 bits per heavy atom. The predicted octanol–water partition coefficient (Wildman–Crippen LogP) is 3.19. The first kappa shape index (κ1) is 22.4. The van der Waals surface area contributed by atoms with Crippen molar-refractivity contribution in [1.82, 2.24) is 14.9 Å². The van der Waals surface area contributed by atoms with Crippen molar-refractivity contribution < 1.29 is 9.53 Å². The molecule has 2 aromatic carbocycles. The summed E-state index contributed by atoms with van der Waals surface area (Å²) in [4.78, 5) is 28.3. The smallest absolute Gasteiger partial charge is 0.257 e. The Labute approximate surface area is 203 Å². The van der Waals surface area contributed by atoms with E-state index in [-0.39, 0.29) is 5.91 Å². The summed E-state index contributed by atoms with van der Waals surface area (Å²) in [6, 6.07) is 13.1. The van der Waals surface area contributed by atoms with Crippen LogP contribution >= 0.6 is 0 Å². The van der Waals surface area contributed by atoms with Gasteiger partial charge in [-0.3, -0.25) is 4.79 Å². The van der Waals surface area contributed by atoms with Crippen LogP contribution in [0.5, 0.6) is 5.75 Å². The molecule has 5 rings (SSSR count). The monoisotopic (exact) mass is 470 g/mol. The molecule has 0 unspecified atom stereocenters. The van der Waals surface area contributed by atoms with Crippen LogP contribution < -0.4 is 25.2 Å². The molecule has 2 aliphatic rings. The fraction of sp³-hybridized carbons (Fsp3) is 0.280. The highest BCUT2D eigenvalue weighted by molar-refractivity contribution is 6.12. The number of rotatable bonds is 4. The minimum Gasteiger partial charge on any atom is -0.494 e. The number of hydrogen-bond acceptors (Lipinski definition) is 9. The van der Waals surface area contributed by atoms with Gasteiger partial charge < -0.3 is 30.1 Å². The number of carbonyl (C=O) groups is 1. The second-order valence-electron chi connectivity index (χ2n) is 8.59. The third-order valence-corrected chi connectivity index (χ3v) is 6.37. The van der Waals surface area contributed by atoms with Crippen molar-refractivity contribution in [1.29, 1.82) is 5.26 Å². The molecule has 0 atom stereocenters. The molecule has 1 fully saturated rings. The summed E-state index contributed by atoms with van der Waals surface area (Å²) < 4.78 is 5.66. The maximum atomic E-state index is 12.7. The normalized spacial score (nSPS) is 15.4. The van der Waals surface area contributed by atoms with Crippen molar-refractivity contribution in [3.05, 3.63) is 53.7 Å². The molecule has 3 heterocycles. The summed E-state index contributed by atoms with van der Waals surface area (Å²) in [7, 11) is 5.58. The van der Waals surface area contributed by atoms with E-state index in [1.807, 2.05) is 12.1 Å².